The average molecular weight is 513 g/mol. The number of benzene rings is 2. The summed E-state index contributed by atoms with van der Waals surface area (Å²) in [6.07, 6.45) is 4.10. The number of carbonyl (C=O) groups is 2. The molecule has 35 heavy (non-hydrogen) atoms. The lowest BCUT2D eigenvalue weighted by Crippen LogP contribution is -2.48. The smallest absolute Gasteiger partial charge is 0.346 e. The van der Waals surface area contributed by atoms with Crippen molar-refractivity contribution >= 4 is 40.8 Å². The standard InChI is InChI=1S/C26H22Cl2N2O5/c27-18-5-2-6-19(28)20(18)22-21(23(35-29-22)15-7-8-15)25(33)34-26-10-9-14(12-26)13-30(26)17-4-1-3-16(11-17)24(31)32/h1-6,11,14-15H,7-10,12-13H2,(H,31,32)/t14-,26-/m0/s1. The maximum absolute atomic E-state index is 13.8. The molecule has 2 heterocycles. The van der Waals surface area contributed by atoms with Gasteiger partial charge >= 0.3 is 11.9 Å². The van der Waals surface area contributed by atoms with E-state index in [1.165, 1.54) is 0 Å². The van der Waals surface area contributed by atoms with Crippen LogP contribution in [0.3, 0.4) is 0 Å². The van der Waals surface area contributed by atoms with Gasteiger partial charge in [0.05, 0.1) is 15.6 Å². The topological polar surface area (TPSA) is 92.9 Å². The number of aromatic carboxylic acids is 1. The Balaban J connectivity index is 1.39. The third kappa shape index (κ3) is 3.78. The number of hydrogen-bond acceptors (Lipinski definition) is 6. The van der Waals surface area contributed by atoms with Gasteiger partial charge in [-0.2, -0.15) is 0 Å². The third-order valence-corrected chi connectivity index (χ3v) is 7.87. The Morgan fingerprint density at radius 3 is 2.54 bits per heavy atom. The lowest BCUT2D eigenvalue weighted by Gasteiger charge is -2.39. The van der Waals surface area contributed by atoms with Crippen LogP contribution >= 0.6 is 23.2 Å². The number of carboxylic acids is 1. The predicted molar refractivity (Wildman–Crippen MR) is 130 cm³/mol. The fraction of sp³-hybridized carbons (Fsp3) is 0.346. The summed E-state index contributed by atoms with van der Waals surface area (Å²) < 4.78 is 12.0. The van der Waals surface area contributed by atoms with Crippen molar-refractivity contribution in [2.45, 2.75) is 43.7 Å². The van der Waals surface area contributed by atoms with Gasteiger partial charge in [-0.1, -0.05) is 40.5 Å². The molecule has 0 spiro atoms. The SMILES string of the molecule is O=C(O)c1cccc(N2C[C@H]3CC[C@]2(OC(=O)c2c(-c4c(Cl)cccc4Cl)noc2C2CC2)C3)c1. The largest absolute Gasteiger partial charge is 0.478 e. The van der Waals surface area contributed by atoms with Crippen molar-refractivity contribution < 1.29 is 24.0 Å². The van der Waals surface area contributed by atoms with Crippen LogP contribution in [0.15, 0.2) is 47.0 Å². The molecule has 3 aromatic rings. The molecule has 6 rings (SSSR count). The van der Waals surface area contributed by atoms with Crippen molar-refractivity contribution in [2.75, 3.05) is 11.4 Å². The van der Waals surface area contributed by atoms with Crippen molar-refractivity contribution in [3.8, 4) is 11.3 Å². The Bertz CT molecular complexity index is 1330. The Morgan fingerprint density at radius 1 is 1.11 bits per heavy atom. The van der Waals surface area contributed by atoms with Gasteiger partial charge in [-0.3, -0.25) is 0 Å². The Labute approximate surface area is 211 Å². The number of carbonyl (C=O) groups excluding carboxylic acids is 1. The monoisotopic (exact) mass is 512 g/mol. The number of fused-ring (bicyclic) bond motifs is 2. The molecule has 7 nitrogen and oxygen atoms in total. The number of carboxylic acid groups (broad SMARTS) is 1. The molecule has 3 aliphatic rings. The molecule has 1 saturated heterocycles. The maximum Gasteiger partial charge on any atom is 0.346 e. The van der Waals surface area contributed by atoms with Gasteiger partial charge in [0.15, 0.2) is 11.5 Å². The van der Waals surface area contributed by atoms with E-state index in [1.807, 2.05) is 11.0 Å². The molecule has 9 heteroatoms. The third-order valence-electron chi connectivity index (χ3n) is 7.24. The van der Waals surface area contributed by atoms with Crippen molar-refractivity contribution in [3.63, 3.8) is 0 Å². The summed E-state index contributed by atoms with van der Waals surface area (Å²) >= 11 is 12.9. The summed E-state index contributed by atoms with van der Waals surface area (Å²) in [7, 11) is 0. The van der Waals surface area contributed by atoms with E-state index in [2.05, 4.69) is 5.16 Å². The van der Waals surface area contributed by atoms with Gasteiger partial charge in [0, 0.05) is 36.6 Å². The lowest BCUT2D eigenvalue weighted by atomic mass is 10.0. The van der Waals surface area contributed by atoms with Crippen molar-refractivity contribution in [3.05, 3.63) is 69.4 Å². The summed E-state index contributed by atoms with van der Waals surface area (Å²) in [5.41, 5.74) is 1.05. The van der Waals surface area contributed by atoms with Crippen LogP contribution in [0.5, 0.6) is 0 Å². The second kappa shape index (κ2) is 8.28. The van der Waals surface area contributed by atoms with Gasteiger partial charge < -0.3 is 19.3 Å². The molecule has 1 N–H and O–H groups in total. The molecule has 2 aliphatic carbocycles. The minimum Gasteiger partial charge on any atom is -0.478 e. The van der Waals surface area contributed by atoms with Crippen LogP contribution in [0.1, 0.15) is 64.5 Å². The van der Waals surface area contributed by atoms with E-state index in [0.717, 1.165) is 24.9 Å². The normalized spacial score (nSPS) is 23.0. The highest BCUT2D eigenvalue weighted by atomic mass is 35.5. The molecule has 2 aromatic carbocycles. The summed E-state index contributed by atoms with van der Waals surface area (Å²) in [5, 5.41) is 14.4. The molecule has 2 atom stereocenters. The molecule has 2 saturated carbocycles. The van der Waals surface area contributed by atoms with Crippen LogP contribution in [0, 0.1) is 5.92 Å². The molecule has 0 unspecified atom stereocenters. The van der Waals surface area contributed by atoms with Gasteiger partial charge in [0.1, 0.15) is 11.3 Å². The Hall–Kier alpha value is -3.03. The average Bonchev–Trinajstić information content (AvgIpc) is 3.31. The van der Waals surface area contributed by atoms with E-state index in [9.17, 15) is 14.7 Å². The van der Waals surface area contributed by atoms with Gasteiger partial charge in [-0.05, 0) is 55.5 Å². The van der Waals surface area contributed by atoms with Crippen LogP contribution in [0.4, 0.5) is 5.69 Å². The summed E-state index contributed by atoms with van der Waals surface area (Å²) in [6, 6.07) is 11.9. The second-order valence-corrected chi connectivity index (χ2v) is 10.4. The summed E-state index contributed by atoms with van der Waals surface area (Å²) in [4.78, 5) is 27.4. The van der Waals surface area contributed by atoms with Crippen LogP contribution in [0.25, 0.3) is 11.3 Å². The number of piperidine rings is 1. The Morgan fingerprint density at radius 2 is 1.86 bits per heavy atom. The van der Waals surface area contributed by atoms with Crippen LogP contribution < -0.4 is 4.90 Å². The molecule has 0 amide bonds. The lowest BCUT2D eigenvalue weighted by molar-refractivity contribution is -0.0110. The fourth-order valence-corrected chi connectivity index (χ4v) is 6.02. The number of esters is 1. The summed E-state index contributed by atoms with van der Waals surface area (Å²) in [6.45, 7) is 0.693. The molecular formula is C26H22Cl2N2O5. The van der Waals surface area contributed by atoms with E-state index >= 15 is 0 Å². The number of rotatable bonds is 6. The van der Waals surface area contributed by atoms with Gasteiger partial charge in [0.25, 0.3) is 0 Å². The first-order chi connectivity index (χ1) is 16.9. The molecule has 0 radical (unpaired) electrons. The van der Waals surface area contributed by atoms with Crippen LogP contribution in [-0.2, 0) is 4.74 Å². The van der Waals surface area contributed by atoms with Crippen LogP contribution in [-0.4, -0.2) is 34.5 Å². The number of ether oxygens (including phenoxy) is 1. The van der Waals surface area contributed by atoms with E-state index in [0.29, 0.717) is 46.7 Å². The first kappa shape index (κ1) is 22.4. The Kier molecular flexibility index (Phi) is 5.31. The molecule has 1 aromatic heterocycles. The van der Waals surface area contributed by atoms with E-state index < -0.39 is 17.7 Å². The van der Waals surface area contributed by atoms with Gasteiger partial charge in [-0.25, -0.2) is 9.59 Å². The quantitative estimate of drug-likeness (QED) is 0.382. The summed E-state index contributed by atoms with van der Waals surface area (Å²) in [5.74, 6) is -0.549. The maximum atomic E-state index is 13.8. The number of hydrogen-bond donors (Lipinski definition) is 1. The first-order valence-corrected chi connectivity index (χ1v) is 12.4. The van der Waals surface area contributed by atoms with Crippen molar-refractivity contribution in [2.24, 2.45) is 5.92 Å². The molecule has 2 bridgehead atoms. The number of halogens is 2. The zero-order valence-electron chi connectivity index (χ0n) is 18.7. The first-order valence-electron chi connectivity index (χ1n) is 11.6. The van der Waals surface area contributed by atoms with Crippen molar-refractivity contribution in [1.29, 1.82) is 0 Å². The molecule has 3 fully saturated rings. The number of nitrogens with zero attached hydrogens (tertiary/aromatic N) is 2. The molecule has 180 valence electrons. The van der Waals surface area contributed by atoms with Gasteiger partial charge in [-0.15, -0.1) is 0 Å². The minimum atomic E-state index is -0.998. The van der Waals surface area contributed by atoms with Crippen LogP contribution in [0.2, 0.25) is 10.0 Å². The zero-order chi connectivity index (χ0) is 24.3. The predicted octanol–water partition coefficient (Wildman–Crippen LogP) is 6.40. The second-order valence-electron chi connectivity index (χ2n) is 9.55. The minimum absolute atomic E-state index is 0.112. The van der Waals surface area contributed by atoms with E-state index in [1.54, 1.807) is 36.4 Å². The van der Waals surface area contributed by atoms with Crippen molar-refractivity contribution in [1.82, 2.24) is 5.16 Å². The van der Waals surface area contributed by atoms with E-state index in [4.69, 9.17) is 32.5 Å². The number of anilines is 1. The van der Waals surface area contributed by atoms with Gasteiger partial charge in [0.2, 0.25) is 0 Å². The molecular weight excluding hydrogens is 491 g/mol. The molecule has 1 aliphatic heterocycles. The van der Waals surface area contributed by atoms with E-state index in [-0.39, 0.29) is 22.7 Å². The fourth-order valence-electron chi connectivity index (χ4n) is 5.45. The highest BCUT2D eigenvalue weighted by Gasteiger charge is 2.54. The zero-order valence-corrected chi connectivity index (χ0v) is 20.2. The highest BCUT2D eigenvalue weighted by molar-refractivity contribution is 6.39. The number of aromatic nitrogens is 1. The highest BCUT2D eigenvalue weighted by Crippen LogP contribution is 2.51.